The molecule has 2 aliphatic rings. The average molecular weight is 539 g/mol. The summed E-state index contributed by atoms with van der Waals surface area (Å²) in [5.41, 5.74) is 1.35. The van der Waals surface area contributed by atoms with Gasteiger partial charge in [-0.25, -0.2) is 4.79 Å². The number of hydrogen-bond donors (Lipinski definition) is 6. The molecule has 3 amide bonds. The molecule has 6 N–H and O–H groups in total. The number of benzene rings is 2. The molecule has 0 aromatic heterocycles. The lowest BCUT2D eigenvalue weighted by Gasteiger charge is -2.29. The van der Waals surface area contributed by atoms with Gasteiger partial charge >= 0.3 is 5.97 Å². The largest absolute Gasteiger partial charge is 0.508 e. The van der Waals surface area contributed by atoms with Gasteiger partial charge in [0, 0.05) is 19.4 Å². The highest BCUT2D eigenvalue weighted by molar-refractivity contribution is 5.94. The zero-order chi connectivity index (χ0) is 27.9. The van der Waals surface area contributed by atoms with Gasteiger partial charge in [0.15, 0.2) is 0 Å². The molecule has 4 rings (SSSR count). The van der Waals surface area contributed by atoms with Gasteiger partial charge in [-0.05, 0) is 67.6 Å². The van der Waals surface area contributed by atoms with Gasteiger partial charge in [-0.2, -0.15) is 0 Å². The van der Waals surface area contributed by atoms with Crippen LogP contribution in [0, 0.1) is 0 Å². The Balaban J connectivity index is 1.57. The number of nitrogens with zero attached hydrogens (tertiary/aromatic N) is 1. The molecule has 4 atom stereocenters. The quantitative estimate of drug-likeness (QED) is 0.257. The molecule has 2 fully saturated rings. The third kappa shape index (κ3) is 7.26. The van der Waals surface area contributed by atoms with Crippen molar-refractivity contribution < 1.29 is 34.5 Å². The van der Waals surface area contributed by atoms with Crippen molar-refractivity contribution in [3.63, 3.8) is 0 Å². The zero-order valence-corrected chi connectivity index (χ0v) is 21.5. The Bertz CT molecular complexity index is 1180. The van der Waals surface area contributed by atoms with E-state index in [1.165, 1.54) is 29.2 Å². The maximum atomic E-state index is 13.6. The Morgan fingerprint density at radius 3 is 1.97 bits per heavy atom. The molecule has 2 saturated heterocycles. The normalized spacial score (nSPS) is 20.3. The van der Waals surface area contributed by atoms with E-state index in [-0.39, 0.29) is 36.8 Å². The summed E-state index contributed by atoms with van der Waals surface area (Å²) in [7, 11) is 0. The van der Waals surface area contributed by atoms with Crippen LogP contribution < -0.4 is 16.0 Å². The zero-order valence-electron chi connectivity index (χ0n) is 21.5. The topological polar surface area (TPSA) is 168 Å². The summed E-state index contributed by atoms with van der Waals surface area (Å²) in [4.78, 5) is 53.2. The fourth-order valence-corrected chi connectivity index (χ4v) is 5.09. The second-order valence-corrected chi connectivity index (χ2v) is 10.0. The number of rotatable bonds is 10. The van der Waals surface area contributed by atoms with Crippen LogP contribution >= 0.6 is 0 Å². The van der Waals surface area contributed by atoms with Crippen molar-refractivity contribution in [1.82, 2.24) is 20.9 Å². The molecule has 11 nitrogen and oxygen atoms in total. The molecule has 0 spiro atoms. The molecule has 4 unspecified atom stereocenters. The number of carbonyl (C=O) groups excluding carboxylic acids is 3. The number of carboxylic acid groups (broad SMARTS) is 1. The maximum absolute atomic E-state index is 13.6. The number of carbonyl (C=O) groups is 4. The minimum absolute atomic E-state index is 0.0494. The van der Waals surface area contributed by atoms with E-state index in [1.54, 1.807) is 24.3 Å². The third-order valence-electron chi connectivity index (χ3n) is 7.20. The van der Waals surface area contributed by atoms with E-state index in [9.17, 15) is 34.5 Å². The summed E-state index contributed by atoms with van der Waals surface area (Å²) in [5.74, 6) is -2.41. The highest BCUT2D eigenvalue weighted by Gasteiger charge is 2.38. The Kier molecular flexibility index (Phi) is 9.03. The maximum Gasteiger partial charge on any atom is 0.326 e. The van der Waals surface area contributed by atoms with Crippen molar-refractivity contribution in [2.75, 3.05) is 13.1 Å². The fourth-order valence-electron chi connectivity index (χ4n) is 5.09. The number of aromatic hydroxyl groups is 2. The summed E-state index contributed by atoms with van der Waals surface area (Å²) >= 11 is 0. The van der Waals surface area contributed by atoms with Crippen LogP contribution in [-0.4, -0.2) is 81.2 Å². The number of phenolic OH excluding ortho intramolecular Hbond substituents is 2. The van der Waals surface area contributed by atoms with E-state index in [4.69, 9.17) is 0 Å². The highest BCUT2D eigenvalue weighted by Crippen LogP contribution is 2.21. The number of carboxylic acids is 1. The van der Waals surface area contributed by atoms with Gasteiger partial charge in [-0.3, -0.25) is 14.4 Å². The number of likely N-dealkylation sites (tertiary alicyclic amines) is 1. The highest BCUT2D eigenvalue weighted by atomic mass is 16.4. The van der Waals surface area contributed by atoms with Crippen LogP contribution in [0.1, 0.15) is 36.8 Å². The molecule has 0 aliphatic carbocycles. The van der Waals surface area contributed by atoms with Crippen LogP contribution in [0.15, 0.2) is 48.5 Å². The number of amides is 3. The van der Waals surface area contributed by atoms with Crippen LogP contribution in [-0.2, 0) is 32.0 Å². The molecule has 0 saturated carbocycles. The number of phenols is 2. The van der Waals surface area contributed by atoms with Crippen molar-refractivity contribution in [1.29, 1.82) is 0 Å². The van der Waals surface area contributed by atoms with Crippen molar-refractivity contribution in [3.05, 3.63) is 59.7 Å². The standard InChI is InChI=1S/C28H34N4O7/c33-19-9-5-17(6-10-19)15-22(30-25(35)21-3-1-13-29-21)26(36)31-23(16-18-7-11-20(34)12-8-18)27(37)32-14-2-4-24(32)28(38)39/h5-12,21-24,29,33-34H,1-4,13-16H2,(H,30,35)(H,31,36)(H,38,39). The minimum atomic E-state index is -1.10. The van der Waals surface area contributed by atoms with E-state index < -0.39 is 42.0 Å². The number of nitrogens with one attached hydrogen (secondary N) is 3. The monoisotopic (exact) mass is 538 g/mol. The predicted octanol–water partition coefficient (Wildman–Crippen LogP) is 0.680. The molecular weight excluding hydrogens is 504 g/mol. The van der Waals surface area contributed by atoms with Crippen LogP contribution in [0.5, 0.6) is 11.5 Å². The molecule has 2 aromatic carbocycles. The van der Waals surface area contributed by atoms with Gasteiger partial charge in [-0.15, -0.1) is 0 Å². The summed E-state index contributed by atoms with van der Waals surface area (Å²) in [6, 6.07) is 8.96. The molecule has 0 bridgehead atoms. The summed E-state index contributed by atoms with van der Waals surface area (Å²) in [5, 5.41) is 37.6. The van der Waals surface area contributed by atoms with Crippen molar-refractivity contribution in [3.8, 4) is 11.5 Å². The number of hydrogen-bond acceptors (Lipinski definition) is 7. The Hall–Kier alpha value is -4.12. The Morgan fingerprint density at radius 2 is 1.44 bits per heavy atom. The van der Waals surface area contributed by atoms with Gasteiger partial charge in [-0.1, -0.05) is 24.3 Å². The van der Waals surface area contributed by atoms with Crippen LogP contribution in [0.4, 0.5) is 0 Å². The first-order valence-electron chi connectivity index (χ1n) is 13.1. The lowest BCUT2D eigenvalue weighted by molar-refractivity contribution is -0.149. The van der Waals surface area contributed by atoms with E-state index >= 15 is 0 Å². The van der Waals surface area contributed by atoms with E-state index in [1.807, 2.05) is 0 Å². The first-order valence-corrected chi connectivity index (χ1v) is 13.1. The second kappa shape index (κ2) is 12.6. The molecule has 2 aromatic rings. The molecule has 0 radical (unpaired) electrons. The molecule has 11 heteroatoms. The predicted molar refractivity (Wildman–Crippen MR) is 141 cm³/mol. The van der Waals surface area contributed by atoms with Crippen molar-refractivity contribution >= 4 is 23.7 Å². The van der Waals surface area contributed by atoms with Gasteiger partial charge in [0.05, 0.1) is 6.04 Å². The van der Waals surface area contributed by atoms with Gasteiger partial charge < -0.3 is 36.2 Å². The second-order valence-electron chi connectivity index (χ2n) is 10.0. The molecule has 2 heterocycles. The van der Waals surface area contributed by atoms with E-state index in [0.29, 0.717) is 36.9 Å². The molecule has 2 aliphatic heterocycles. The molecular formula is C28H34N4O7. The SMILES string of the molecule is O=C(NC(Cc1ccc(O)cc1)C(=O)NC(Cc1ccc(O)cc1)C(=O)N1CCCC1C(=O)O)C1CCCN1. The summed E-state index contributed by atoms with van der Waals surface area (Å²) in [6.45, 7) is 0.968. The van der Waals surface area contributed by atoms with Gasteiger partial charge in [0.2, 0.25) is 17.7 Å². The van der Waals surface area contributed by atoms with E-state index in [0.717, 1.165) is 6.42 Å². The summed E-state index contributed by atoms with van der Waals surface area (Å²) in [6.07, 6.45) is 2.54. The third-order valence-corrected chi connectivity index (χ3v) is 7.20. The minimum Gasteiger partial charge on any atom is -0.508 e. The Morgan fingerprint density at radius 1 is 0.846 bits per heavy atom. The van der Waals surface area contributed by atoms with Crippen LogP contribution in [0.25, 0.3) is 0 Å². The lowest BCUT2D eigenvalue weighted by Crippen LogP contribution is -2.58. The average Bonchev–Trinajstić information content (AvgIpc) is 3.63. The van der Waals surface area contributed by atoms with Crippen molar-refractivity contribution in [2.45, 2.75) is 62.7 Å². The lowest BCUT2D eigenvalue weighted by atomic mass is 10.0. The molecule has 39 heavy (non-hydrogen) atoms. The smallest absolute Gasteiger partial charge is 0.326 e. The van der Waals surface area contributed by atoms with Crippen molar-refractivity contribution in [2.24, 2.45) is 0 Å². The van der Waals surface area contributed by atoms with Crippen LogP contribution in [0.2, 0.25) is 0 Å². The molecule has 208 valence electrons. The first kappa shape index (κ1) is 27.9. The van der Waals surface area contributed by atoms with Gasteiger partial charge in [0.25, 0.3) is 0 Å². The van der Waals surface area contributed by atoms with Crippen LogP contribution in [0.3, 0.4) is 0 Å². The first-order chi connectivity index (χ1) is 18.7. The van der Waals surface area contributed by atoms with E-state index in [2.05, 4.69) is 16.0 Å². The van der Waals surface area contributed by atoms with Gasteiger partial charge in [0.1, 0.15) is 29.6 Å². The fraction of sp³-hybridized carbons (Fsp3) is 0.429. The number of aliphatic carboxylic acids is 1. The summed E-state index contributed by atoms with van der Waals surface area (Å²) < 4.78 is 0. The Labute approximate surface area is 226 Å².